The van der Waals surface area contributed by atoms with Crippen LogP contribution in [0.5, 0.6) is 23.0 Å². The van der Waals surface area contributed by atoms with Gasteiger partial charge in [0.1, 0.15) is 0 Å². The van der Waals surface area contributed by atoms with Gasteiger partial charge in [-0.25, -0.2) is 0 Å². The second-order valence-electron chi connectivity index (χ2n) is 8.82. The van der Waals surface area contributed by atoms with E-state index in [0.717, 1.165) is 44.3 Å². The van der Waals surface area contributed by atoms with E-state index in [1.807, 2.05) is 24.3 Å². The normalized spacial score (nSPS) is 11.8. The number of hydrogen-bond donors (Lipinski definition) is 3. The van der Waals surface area contributed by atoms with Gasteiger partial charge in [0.15, 0.2) is 23.0 Å². The fraction of sp³-hybridized carbons (Fsp3) is 0.345. The van der Waals surface area contributed by atoms with Gasteiger partial charge in [-0.05, 0) is 74.6 Å². The van der Waals surface area contributed by atoms with Gasteiger partial charge in [-0.15, -0.1) is 0 Å². The summed E-state index contributed by atoms with van der Waals surface area (Å²) in [5.74, 6) is 0.858. The molecule has 0 aliphatic carbocycles. The van der Waals surface area contributed by atoms with E-state index >= 15 is 0 Å². The van der Waals surface area contributed by atoms with Crippen molar-refractivity contribution in [2.24, 2.45) is 5.73 Å². The zero-order valence-corrected chi connectivity index (χ0v) is 20.8. The molecule has 192 valence electrons. The van der Waals surface area contributed by atoms with Gasteiger partial charge in [0, 0.05) is 24.7 Å². The molecule has 0 saturated heterocycles. The second-order valence-corrected chi connectivity index (χ2v) is 8.82. The molecule has 0 bridgehead atoms. The molecule has 1 atom stereocenters. The lowest BCUT2D eigenvalue weighted by Gasteiger charge is -2.29. The van der Waals surface area contributed by atoms with E-state index in [4.69, 9.17) is 15.2 Å². The van der Waals surface area contributed by atoms with E-state index in [2.05, 4.69) is 11.8 Å². The van der Waals surface area contributed by atoms with E-state index in [-0.39, 0.29) is 11.5 Å². The molecule has 3 aromatic carbocycles. The Kier molecular flexibility index (Phi) is 10.5. The summed E-state index contributed by atoms with van der Waals surface area (Å²) in [7, 11) is 0. The fourth-order valence-electron chi connectivity index (χ4n) is 4.00. The average molecular weight is 493 g/mol. The summed E-state index contributed by atoms with van der Waals surface area (Å²) in [6, 6.07) is 21.7. The molecular weight excluding hydrogens is 456 g/mol. The molecule has 7 nitrogen and oxygen atoms in total. The molecule has 36 heavy (non-hydrogen) atoms. The number of phenols is 2. The topological polar surface area (TPSA) is 105 Å². The van der Waals surface area contributed by atoms with E-state index in [9.17, 15) is 15.0 Å². The van der Waals surface area contributed by atoms with Crippen LogP contribution in [0.3, 0.4) is 0 Å². The smallest absolute Gasteiger partial charge is 0.248 e. The molecule has 0 heterocycles. The number of nitrogens with two attached hydrogens (primary N) is 1. The molecule has 4 N–H and O–H groups in total. The SMILES string of the molecule is C[C@@H](CCc1ccc(C(N)=O)cc1)N(CCCOc1ccccc1O)CCCOc1ccccc1O. The summed E-state index contributed by atoms with van der Waals surface area (Å²) in [4.78, 5) is 13.7. The highest BCUT2D eigenvalue weighted by molar-refractivity contribution is 5.92. The van der Waals surface area contributed by atoms with Gasteiger partial charge in [0.25, 0.3) is 0 Å². The number of primary amides is 1. The Bertz CT molecular complexity index is 1030. The number of benzene rings is 3. The third-order valence-electron chi connectivity index (χ3n) is 6.14. The Labute approximate surface area is 213 Å². The van der Waals surface area contributed by atoms with Crippen molar-refractivity contribution in [3.8, 4) is 23.0 Å². The van der Waals surface area contributed by atoms with Crippen molar-refractivity contribution in [3.63, 3.8) is 0 Å². The van der Waals surface area contributed by atoms with Crippen molar-refractivity contribution >= 4 is 5.91 Å². The number of ether oxygens (including phenoxy) is 2. The van der Waals surface area contributed by atoms with Gasteiger partial charge >= 0.3 is 0 Å². The minimum absolute atomic E-state index is 0.145. The third-order valence-corrected chi connectivity index (χ3v) is 6.14. The highest BCUT2D eigenvalue weighted by Crippen LogP contribution is 2.25. The number of hydrogen-bond acceptors (Lipinski definition) is 6. The van der Waals surface area contributed by atoms with Crippen LogP contribution < -0.4 is 15.2 Å². The Morgan fingerprint density at radius 2 is 1.33 bits per heavy atom. The van der Waals surface area contributed by atoms with E-state index in [1.54, 1.807) is 48.5 Å². The second kappa shape index (κ2) is 14.0. The van der Waals surface area contributed by atoms with Gasteiger partial charge in [-0.1, -0.05) is 36.4 Å². The quantitative estimate of drug-likeness (QED) is 0.264. The monoisotopic (exact) mass is 492 g/mol. The lowest BCUT2D eigenvalue weighted by atomic mass is 10.0. The van der Waals surface area contributed by atoms with Crippen LogP contribution in [0.25, 0.3) is 0 Å². The minimum atomic E-state index is -0.418. The largest absolute Gasteiger partial charge is 0.504 e. The van der Waals surface area contributed by atoms with Crippen molar-refractivity contribution in [1.82, 2.24) is 4.90 Å². The molecule has 0 radical (unpaired) electrons. The fourth-order valence-corrected chi connectivity index (χ4v) is 4.00. The standard InChI is InChI=1S/C29H36N2O5/c1-22(12-13-23-14-16-24(17-15-23)29(30)34)31(18-6-20-35-27-10-4-2-8-25(27)32)19-7-21-36-28-11-5-3-9-26(28)33/h2-5,8-11,14-17,22,32-33H,6-7,12-13,18-21H2,1H3,(H2,30,34)/t22-/m0/s1. The van der Waals surface area contributed by atoms with Crippen molar-refractivity contribution in [2.45, 2.75) is 38.6 Å². The van der Waals surface area contributed by atoms with Crippen LogP contribution in [0.15, 0.2) is 72.8 Å². The van der Waals surface area contributed by atoms with E-state index in [1.165, 1.54) is 0 Å². The number of para-hydroxylation sites is 4. The van der Waals surface area contributed by atoms with Crippen LogP contribution in [0.4, 0.5) is 0 Å². The maximum absolute atomic E-state index is 11.3. The van der Waals surface area contributed by atoms with Crippen molar-refractivity contribution in [3.05, 3.63) is 83.9 Å². The van der Waals surface area contributed by atoms with Crippen LogP contribution in [0, 0.1) is 0 Å². The van der Waals surface area contributed by atoms with E-state index < -0.39 is 5.91 Å². The number of nitrogens with zero attached hydrogens (tertiary/aromatic N) is 1. The van der Waals surface area contributed by atoms with Crippen molar-refractivity contribution < 1.29 is 24.5 Å². The predicted octanol–water partition coefficient (Wildman–Crippen LogP) is 4.76. The maximum atomic E-state index is 11.3. The zero-order valence-electron chi connectivity index (χ0n) is 20.8. The third kappa shape index (κ3) is 8.50. The van der Waals surface area contributed by atoms with Gasteiger partial charge in [0.05, 0.1) is 13.2 Å². The number of rotatable bonds is 15. The first-order chi connectivity index (χ1) is 17.4. The van der Waals surface area contributed by atoms with Crippen molar-refractivity contribution in [2.75, 3.05) is 26.3 Å². The molecule has 3 aromatic rings. The van der Waals surface area contributed by atoms with Gasteiger partial charge in [-0.3, -0.25) is 4.79 Å². The first-order valence-electron chi connectivity index (χ1n) is 12.4. The minimum Gasteiger partial charge on any atom is -0.504 e. The molecule has 0 aromatic heterocycles. The van der Waals surface area contributed by atoms with Crippen LogP contribution in [0.2, 0.25) is 0 Å². The van der Waals surface area contributed by atoms with Gasteiger partial charge in [-0.2, -0.15) is 0 Å². The molecule has 7 heteroatoms. The van der Waals surface area contributed by atoms with E-state index in [0.29, 0.717) is 36.3 Å². The van der Waals surface area contributed by atoms with Crippen LogP contribution in [-0.2, 0) is 6.42 Å². The molecule has 0 aliphatic rings. The summed E-state index contributed by atoms with van der Waals surface area (Å²) >= 11 is 0. The lowest BCUT2D eigenvalue weighted by molar-refractivity contribution is 0.1000. The Balaban J connectivity index is 1.51. The first kappa shape index (κ1) is 26.9. The average Bonchev–Trinajstić information content (AvgIpc) is 2.88. The van der Waals surface area contributed by atoms with Crippen LogP contribution in [0.1, 0.15) is 42.1 Å². The molecule has 0 spiro atoms. The number of phenolic OH excluding ortho intramolecular Hbond substituents is 2. The van der Waals surface area contributed by atoms with Crippen LogP contribution >= 0.6 is 0 Å². The number of amides is 1. The first-order valence-corrected chi connectivity index (χ1v) is 12.4. The molecule has 0 saturated carbocycles. The summed E-state index contributed by atoms with van der Waals surface area (Å²) in [5, 5.41) is 19.8. The molecule has 0 fully saturated rings. The molecule has 0 aliphatic heterocycles. The molecular formula is C29H36N2O5. The molecule has 3 rings (SSSR count). The highest BCUT2D eigenvalue weighted by atomic mass is 16.5. The molecule has 1 amide bonds. The summed E-state index contributed by atoms with van der Waals surface area (Å²) < 4.78 is 11.5. The molecule has 0 unspecified atom stereocenters. The Morgan fingerprint density at radius 3 is 1.81 bits per heavy atom. The maximum Gasteiger partial charge on any atom is 0.248 e. The van der Waals surface area contributed by atoms with Gasteiger partial charge in [0.2, 0.25) is 5.91 Å². The predicted molar refractivity (Wildman–Crippen MR) is 141 cm³/mol. The van der Waals surface area contributed by atoms with Crippen molar-refractivity contribution in [1.29, 1.82) is 0 Å². The summed E-state index contributed by atoms with van der Waals surface area (Å²) in [5.41, 5.74) is 7.02. The number of aromatic hydroxyl groups is 2. The number of carbonyl (C=O) groups is 1. The Hall–Kier alpha value is -3.71. The zero-order chi connectivity index (χ0) is 25.8. The van der Waals surface area contributed by atoms with Crippen LogP contribution in [-0.4, -0.2) is 53.4 Å². The Morgan fingerprint density at radius 1 is 0.833 bits per heavy atom. The summed E-state index contributed by atoms with van der Waals surface area (Å²) in [6.45, 7) is 4.90. The number of carbonyl (C=O) groups excluding carboxylic acids is 1. The number of aryl methyl sites for hydroxylation is 1. The van der Waals surface area contributed by atoms with Gasteiger partial charge < -0.3 is 30.3 Å². The summed E-state index contributed by atoms with van der Waals surface area (Å²) in [6.07, 6.45) is 3.47. The highest BCUT2D eigenvalue weighted by Gasteiger charge is 2.14. The lowest BCUT2D eigenvalue weighted by Crippen LogP contribution is -2.36.